The van der Waals surface area contributed by atoms with Crippen molar-refractivity contribution in [1.29, 1.82) is 0 Å². The minimum absolute atomic E-state index is 0.239. The van der Waals surface area contributed by atoms with Crippen molar-refractivity contribution in [1.82, 2.24) is 9.78 Å². The molecule has 3 aromatic rings. The second kappa shape index (κ2) is 7.48. The van der Waals surface area contributed by atoms with Gasteiger partial charge < -0.3 is 11.1 Å². The molecule has 0 atom stereocenters. The molecule has 0 aliphatic heterocycles. The smallest absolute Gasteiger partial charge is 0.397 e. The van der Waals surface area contributed by atoms with Gasteiger partial charge in [0.15, 0.2) is 5.69 Å². The Morgan fingerprint density at radius 1 is 1.29 bits per heavy atom. The highest BCUT2D eigenvalue weighted by Gasteiger charge is 2.36. The molecule has 0 aliphatic rings. The largest absolute Gasteiger partial charge is 0.435 e. The van der Waals surface area contributed by atoms with E-state index in [0.29, 0.717) is 9.88 Å². The van der Waals surface area contributed by atoms with E-state index in [1.54, 1.807) is 38.1 Å². The Labute approximate surface area is 167 Å². The molecule has 0 unspecified atom stereocenters. The van der Waals surface area contributed by atoms with Gasteiger partial charge in [-0.15, -0.1) is 11.3 Å². The fraction of sp³-hybridized carbons (Fsp3) is 0.222. The van der Waals surface area contributed by atoms with Crippen LogP contribution in [0.1, 0.15) is 35.9 Å². The van der Waals surface area contributed by atoms with Crippen molar-refractivity contribution < 1.29 is 18.0 Å². The van der Waals surface area contributed by atoms with Crippen molar-refractivity contribution in [2.75, 3.05) is 11.1 Å². The summed E-state index contributed by atoms with van der Waals surface area (Å²) in [7, 11) is 0. The summed E-state index contributed by atoms with van der Waals surface area (Å²) in [6.45, 7) is 3.45. The number of nitrogens with zero attached hydrogens (tertiary/aromatic N) is 2. The molecule has 2 heterocycles. The zero-order chi connectivity index (χ0) is 20.6. The van der Waals surface area contributed by atoms with E-state index in [2.05, 4.69) is 10.4 Å². The Balaban J connectivity index is 1.96. The molecule has 3 rings (SSSR count). The molecule has 2 aromatic heterocycles. The number of amides is 1. The highest BCUT2D eigenvalue weighted by Crippen LogP contribution is 2.41. The van der Waals surface area contributed by atoms with E-state index >= 15 is 0 Å². The highest BCUT2D eigenvalue weighted by molar-refractivity contribution is 7.20. The first-order valence-electron chi connectivity index (χ1n) is 8.20. The van der Waals surface area contributed by atoms with Gasteiger partial charge in [-0.2, -0.15) is 18.3 Å². The molecule has 148 valence electrons. The lowest BCUT2D eigenvalue weighted by atomic mass is 10.2. The normalized spacial score (nSPS) is 11.8. The van der Waals surface area contributed by atoms with Crippen LogP contribution in [0.3, 0.4) is 0 Å². The topological polar surface area (TPSA) is 72.9 Å². The van der Waals surface area contributed by atoms with Crippen LogP contribution in [0.15, 0.2) is 36.4 Å². The van der Waals surface area contributed by atoms with Gasteiger partial charge in [-0.3, -0.25) is 9.48 Å². The maximum atomic E-state index is 13.1. The number of anilines is 2. The van der Waals surface area contributed by atoms with Crippen LogP contribution in [0.4, 0.5) is 23.9 Å². The van der Waals surface area contributed by atoms with Crippen LogP contribution in [-0.2, 0) is 6.18 Å². The molecule has 10 heteroatoms. The molecule has 28 heavy (non-hydrogen) atoms. The third-order valence-electron chi connectivity index (χ3n) is 3.86. The van der Waals surface area contributed by atoms with E-state index in [-0.39, 0.29) is 28.0 Å². The molecule has 0 spiro atoms. The number of carbonyl (C=O) groups is 1. The number of hydrogen-bond acceptors (Lipinski definition) is 4. The number of hydrogen-bond donors (Lipinski definition) is 2. The summed E-state index contributed by atoms with van der Waals surface area (Å²) >= 11 is 7.09. The van der Waals surface area contributed by atoms with Crippen LogP contribution in [0.5, 0.6) is 0 Å². The number of halogens is 4. The lowest BCUT2D eigenvalue weighted by Gasteiger charge is -2.10. The van der Waals surface area contributed by atoms with E-state index in [0.717, 1.165) is 17.4 Å². The van der Waals surface area contributed by atoms with Gasteiger partial charge in [0.25, 0.3) is 5.91 Å². The summed E-state index contributed by atoms with van der Waals surface area (Å²) in [5, 5.41) is 7.03. The third-order valence-corrected chi connectivity index (χ3v) is 5.28. The van der Waals surface area contributed by atoms with Crippen molar-refractivity contribution in [2.24, 2.45) is 0 Å². The van der Waals surface area contributed by atoms with Gasteiger partial charge in [0, 0.05) is 6.04 Å². The first-order chi connectivity index (χ1) is 13.1. The number of nitrogens with one attached hydrogen (secondary N) is 1. The zero-order valence-corrected chi connectivity index (χ0v) is 16.4. The van der Waals surface area contributed by atoms with Crippen LogP contribution < -0.4 is 11.1 Å². The Morgan fingerprint density at radius 2 is 1.96 bits per heavy atom. The maximum Gasteiger partial charge on any atom is 0.435 e. The quantitative estimate of drug-likeness (QED) is 0.559. The van der Waals surface area contributed by atoms with Crippen LogP contribution in [0.2, 0.25) is 5.02 Å². The zero-order valence-electron chi connectivity index (χ0n) is 14.8. The molecule has 5 nitrogen and oxygen atoms in total. The van der Waals surface area contributed by atoms with Gasteiger partial charge in [0.1, 0.15) is 0 Å². The average Bonchev–Trinajstić information content (AvgIpc) is 3.18. The number of benzene rings is 1. The van der Waals surface area contributed by atoms with Crippen LogP contribution in [0, 0.1) is 0 Å². The second-order valence-electron chi connectivity index (χ2n) is 6.28. The Hall–Kier alpha value is -2.52. The van der Waals surface area contributed by atoms with Crippen LogP contribution in [-0.4, -0.2) is 15.7 Å². The van der Waals surface area contributed by atoms with Gasteiger partial charge in [-0.05, 0) is 38.1 Å². The summed E-state index contributed by atoms with van der Waals surface area (Å²) in [5.74, 6) is -0.438. The number of alkyl halides is 3. The Kier molecular flexibility index (Phi) is 5.40. The predicted octanol–water partition coefficient (Wildman–Crippen LogP) is 5.70. The fourth-order valence-electron chi connectivity index (χ4n) is 2.59. The number of rotatable bonds is 4. The van der Waals surface area contributed by atoms with Gasteiger partial charge >= 0.3 is 6.18 Å². The standard InChI is InChI=1S/C18H16ClF3N4OS/c1-9(2)26-13(8-14(25-26)18(20,21)22)16-12(23)7-15(28-16)24-17(27)10-5-3-4-6-11(10)19/h3-9H,23H2,1-2H3,(H,24,27). The SMILES string of the molecule is CC(C)n1nc(C(F)(F)F)cc1-c1sc(NC(=O)c2ccccc2Cl)cc1N. The van der Waals surface area contributed by atoms with Crippen LogP contribution >= 0.6 is 22.9 Å². The predicted molar refractivity (Wildman–Crippen MR) is 105 cm³/mol. The summed E-state index contributed by atoms with van der Waals surface area (Å²) in [6, 6.07) is 8.68. The van der Waals surface area contributed by atoms with E-state index in [1.807, 2.05) is 0 Å². The van der Waals surface area contributed by atoms with Crippen molar-refractivity contribution in [3.63, 3.8) is 0 Å². The molecule has 0 saturated carbocycles. The number of thiophene rings is 1. The fourth-order valence-corrected chi connectivity index (χ4v) is 3.79. The minimum atomic E-state index is -4.57. The number of aromatic nitrogens is 2. The molecule has 1 aromatic carbocycles. The van der Waals surface area contributed by atoms with Crippen molar-refractivity contribution >= 4 is 39.5 Å². The molecule has 0 saturated heterocycles. The van der Waals surface area contributed by atoms with Gasteiger partial charge in [0.05, 0.1) is 31.8 Å². The summed E-state index contributed by atoms with van der Waals surface area (Å²) in [5.41, 5.74) is 5.79. The number of nitrogen functional groups attached to an aromatic ring is 1. The first-order valence-corrected chi connectivity index (χ1v) is 9.39. The molecular weight excluding hydrogens is 413 g/mol. The van der Waals surface area contributed by atoms with Crippen molar-refractivity contribution in [2.45, 2.75) is 26.1 Å². The minimum Gasteiger partial charge on any atom is -0.397 e. The maximum absolute atomic E-state index is 13.1. The average molecular weight is 429 g/mol. The van der Waals surface area contributed by atoms with E-state index < -0.39 is 17.8 Å². The molecule has 0 bridgehead atoms. The van der Waals surface area contributed by atoms with E-state index in [1.165, 1.54) is 10.7 Å². The monoisotopic (exact) mass is 428 g/mol. The second-order valence-corrected chi connectivity index (χ2v) is 7.74. The number of carbonyl (C=O) groups excluding carboxylic acids is 1. The lowest BCUT2D eigenvalue weighted by Crippen LogP contribution is -2.11. The lowest BCUT2D eigenvalue weighted by molar-refractivity contribution is -0.141. The van der Waals surface area contributed by atoms with E-state index in [4.69, 9.17) is 17.3 Å². The summed E-state index contributed by atoms with van der Waals surface area (Å²) < 4.78 is 40.5. The Morgan fingerprint density at radius 3 is 2.57 bits per heavy atom. The van der Waals surface area contributed by atoms with Crippen molar-refractivity contribution in [3.8, 4) is 10.6 Å². The Bertz CT molecular complexity index is 1030. The molecule has 0 fully saturated rings. The first kappa shape index (κ1) is 20.2. The van der Waals surface area contributed by atoms with Gasteiger partial charge in [-0.25, -0.2) is 0 Å². The summed E-state index contributed by atoms with van der Waals surface area (Å²) in [4.78, 5) is 12.8. The molecule has 3 N–H and O–H groups in total. The molecule has 0 aliphatic carbocycles. The third kappa shape index (κ3) is 4.00. The van der Waals surface area contributed by atoms with Gasteiger partial charge in [-0.1, -0.05) is 23.7 Å². The van der Waals surface area contributed by atoms with Crippen LogP contribution in [0.25, 0.3) is 10.6 Å². The summed E-state index contributed by atoms with van der Waals surface area (Å²) in [6.07, 6.45) is -4.57. The van der Waals surface area contributed by atoms with Crippen molar-refractivity contribution in [3.05, 3.63) is 52.7 Å². The number of nitrogens with two attached hydrogens (primary N) is 1. The van der Waals surface area contributed by atoms with Gasteiger partial charge in [0.2, 0.25) is 0 Å². The molecular formula is C18H16ClF3N4OS. The highest BCUT2D eigenvalue weighted by atomic mass is 35.5. The molecule has 0 radical (unpaired) electrons. The molecule has 1 amide bonds. The van der Waals surface area contributed by atoms with E-state index in [9.17, 15) is 18.0 Å².